The summed E-state index contributed by atoms with van der Waals surface area (Å²) in [6.45, 7) is 5.69. The number of hydrogen-bond donors (Lipinski definition) is 1. The van der Waals surface area contributed by atoms with Crippen molar-refractivity contribution >= 4 is 0 Å². The van der Waals surface area contributed by atoms with E-state index in [1.54, 1.807) is 6.33 Å². The van der Waals surface area contributed by atoms with Gasteiger partial charge in [0.25, 0.3) is 0 Å². The predicted molar refractivity (Wildman–Crippen MR) is 70.0 cm³/mol. The molecule has 3 heterocycles. The number of H-pyrrole nitrogens is 1. The van der Waals surface area contributed by atoms with Gasteiger partial charge in [0, 0.05) is 25.5 Å². The molecule has 0 amide bonds. The highest BCUT2D eigenvalue weighted by Crippen LogP contribution is 2.32. The smallest absolute Gasteiger partial charge is 0.158 e. The lowest BCUT2D eigenvalue weighted by Gasteiger charge is -2.25. The minimum atomic E-state index is 0.338. The SMILES string of the molecule is CN1CCC(C)(Cn2ccnc2-c2cnc[nH]2)C1. The Morgan fingerprint density at radius 1 is 1.50 bits per heavy atom. The van der Waals surface area contributed by atoms with Gasteiger partial charge >= 0.3 is 0 Å². The molecule has 1 unspecified atom stereocenters. The highest BCUT2D eigenvalue weighted by molar-refractivity contribution is 5.47. The van der Waals surface area contributed by atoms with E-state index in [-0.39, 0.29) is 0 Å². The Bertz CT molecular complexity index is 515. The van der Waals surface area contributed by atoms with Crippen LogP contribution < -0.4 is 0 Å². The van der Waals surface area contributed by atoms with Crippen LogP contribution in [-0.4, -0.2) is 44.6 Å². The van der Waals surface area contributed by atoms with Gasteiger partial charge < -0.3 is 14.5 Å². The van der Waals surface area contributed by atoms with Crippen molar-refractivity contribution in [2.45, 2.75) is 19.9 Å². The predicted octanol–water partition coefficient (Wildman–Crippen LogP) is 1.61. The second-order valence-electron chi connectivity index (χ2n) is 5.64. The maximum Gasteiger partial charge on any atom is 0.158 e. The van der Waals surface area contributed by atoms with Crippen LogP contribution in [0.1, 0.15) is 13.3 Å². The molecule has 0 bridgehead atoms. The number of aromatic amines is 1. The monoisotopic (exact) mass is 245 g/mol. The highest BCUT2D eigenvalue weighted by Gasteiger charge is 2.32. The summed E-state index contributed by atoms with van der Waals surface area (Å²) in [6, 6.07) is 0. The highest BCUT2D eigenvalue weighted by atomic mass is 15.2. The van der Waals surface area contributed by atoms with Crippen molar-refractivity contribution in [3.05, 3.63) is 24.9 Å². The van der Waals surface area contributed by atoms with E-state index in [1.807, 2.05) is 12.4 Å². The first-order chi connectivity index (χ1) is 8.66. The average Bonchev–Trinajstić information content (AvgIpc) is 2.99. The number of nitrogens with zero attached hydrogens (tertiary/aromatic N) is 4. The van der Waals surface area contributed by atoms with Gasteiger partial charge in [0.05, 0.1) is 12.5 Å². The summed E-state index contributed by atoms with van der Waals surface area (Å²) in [5.74, 6) is 0.975. The molecule has 0 radical (unpaired) electrons. The van der Waals surface area contributed by atoms with Crippen LogP contribution in [0.15, 0.2) is 24.9 Å². The molecular weight excluding hydrogens is 226 g/mol. The van der Waals surface area contributed by atoms with Gasteiger partial charge in [0.15, 0.2) is 5.82 Å². The Morgan fingerprint density at radius 2 is 2.39 bits per heavy atom. The largest absolute Gasteiger partial charge is 0.342 e. The molecule has 1 atom stereocenters. The molecule has 0 aromatic carbocycles. The Labute approximate surface area is 107 Å². The number of nitrogens with one attached hydrogen (secondary N) is 1. The Balaban J connectivity index is 1.84. The summed E-state index contributed by atoms with van der Waals surface area (Å²) in [7, 11) is 2.19. The van der Waals surface area contributed by atoms with Crippen molar-refractivity contribution in [3.8, 4) is 11.5 Å². The summed E-state index contributed by atoms with van der Waals surface area (Å²) in [5, 5.41) is 0. The maximum atomic E-state index is 4.43. The van der Waals surface area contributed by atoms with Crippen LogP contribution in [0.5, 0.6) is 0 Å². The molecule has 5 nitrogen and oxygen atoms in total. The minimum Gasteiger partial charge on any atom is -0.342 e. The third kappa shape index (κ3) is 2.06. The molecule has 18 heavy (non-hydrogen) atoms. The van der Waals surface area contributed by atoms with Crippen LogP contribution in [0, 0.1) is 5.41 Å². The van der Waals surface area contributed by atoms with E-state index < -0.39 is 0 Å². The van der Waals surface area contributed by atoms with Gasteiger partial charge in [0.2, 0.25) is 0 Å². The number of hydrogen-bond acceptors (Lipinski definition) is 3. The summed E-state index contributed by atoms with van der Waals surface area (Å²) in [6.07, 6.45) is 8.67. The van der Waals surface area contributed by atoms with Crippen molar-refractivity contribution in [3.63, 3.8) is 0 Å². The lowest BCUT2D eigenvalue weighted by Crippen LogP contribution is -2.27. The van der Waals surface area contributed by atoms with Gasteiger partial charge in [-0.1, -0.05) is 6.92 Å². The number of imidazole rings is 2. The van der Waals surface area contributed by atoms with E-state index >= 15 is 0 Å². The summed E-state index contributed by atoms with van der Waals surface area (Å²) < 4.78 is 2.23. The maximum absolute atomic E-state index is 4.43. The molecular formula is C13H19N5. The molecule has 0 aliphatic carbocycles. The Kier molecular flexibility index (Phi) is 2.70. The molecule has 96 valence electrons. The number of likely N-dealkylation sites (tertiary alicyclic amines) is 1. The lowest BCUT2D eigenvalue weighted by atomic mass is 9.89. The van der Waals surface area contributed by atoms with E-state index in [2.05, 4.69) is 44.6 Å². The molecule has 5 heteroatoms. The zero-order valence-electron chi connectivity index (χ0n) is 10.9. The fraction of sp³-hybridized carbons (Fsp3) is 0.538. The standard InChI is InChI=1S/C13H19N5/c1-13(3-5-17(2)8-13)9-18-6-4-15-12(18)11-7-14-10-16-11/h4,6-7,10H,3,5,8-9H2,1-2H3,(H,14,16). The van der Waals surface area contributed by atoms with Crippen molar-refractivity contribution < 1.29 is 0 Å². The first-order valence-electron chi connectivity index (χ1n) is 6.35. The average molecular weight is 245 g/mol. The molecule has 3 rings (SSSR count). The fourth-order valence-corrected chi connectivity index (χ4v) is 2.87. The number of rotatable bonds is 3. The van der Waals surface area contributed by atoms with Gasteiger partial charge in [-0.25, -0.2) is 9.97 Å². The van der Waals surface area contributed by atoms with Crippen molar-refractivity contribution in [1.29, 1.82) is 0 Å². The van der Waals surface area contributed by atoms with E-state index in [0.29, 0.717) is 5.41 Å². The molecule has 0 saturated carbocycles. The normalized spacial score (nSPS) is 24.8. The Hall–Kier alpha value is -1.62. The van der Waals surface area contributed by atoms with E-state index in [1.165, 1.54) is 13.0 Å². The molecule has 1 aliphatic heterocycles. The van der Waals surface area contributed by atoms with Gasteiger partial charge in [0.1, 0.15) is 5.69 Å². The first-order valence-corrected chi connectivity index (χ1v) is 6.35. The third-order valence-corrected chi connectivity index (χ3v) is 3.76. The molecule has 1 fully saturated rings. The van der Waals surface area contributed by atoms with Crippen LogP contribution in [0.3, 0.4) is 0 Å². The second-order valence-corrected chi connectivity index (χ2v) is 5.64. The summed E-state index contributed by atoms with van der Waals surface area (Å²) in [4.78, 5) is 14.0. The topological polar surface area (TPSA) is 49.7 Å². The molecule has 0 spiro atoms. The third-order valence-electron chi connectivity index (χ3n) is 3.76. The van der Waals surface area contributed by atoms with Crippen LogP contribution in [0.25, 0.3) is 11.5 Å². The van der Waals surface area contributed by atoms with Crippen molar-refractivity contribution in [1.82, 2.24) is 24.4 Å². The van der Waals surface area contributed by atoms with Crippen LogP contribution >= 0.6 is 0 Å². The van der Waals surface area contributed by atoms with Gasteiger partial charge in [-0.3, -0.25) is 0 Å². The zero-order valence-corrected chi connectivity index (χ0v) is 10.9. The van der Waals surface area contributed by atoms with Crippen LogP contribution in [0.4, 0.5) is 0 Å². The van der Waals surface area contributed by atoms with E-state index in [9.17, 15) is 0 Å². The van der Waals surface area contributed by atoms with Gasteiger partial charge in [-0.2, -0.15) is 0 Å². The van der Waals surface area contributed by atoms with Gasteiger partial charge in [-0.15, -0.1) is 0 Å². The van der Waals surface area contributed by atoms with Crippen molar-refractivity contribution in [2.75, 3.05) is 20.1 Å². The van der Waals surface area contributed by atoms with Crippen molar-refractivity contribution in [2.24, 2.45) is 5.41 Å². The van der Waals surface area contributed by atoms with Crippen LogP contribution in [-0.2, 0) is 6.54 Å². The molecule has 2 aromatic rings. The summed E-state index contributed by atoms with van der Waals surface area (Å²) in [5.41, 5.74) is 1.32. The van der Waals surface area contributed by atoms with Crippen LogP contribution in [0.2, 0.25) is 0 Å². The van der Waals surface area contributed by atoms with E-state index in [0.717, 1.165) is 24.6 Å². The van der Waals surface area contributed by atoms with E-state index in [4.69, 9.17) is 0 Å². The zero-order chi connectivity index (χ0) is 12.6. The molecule has 1 N–H and O–H groups in total. The lowest BCUT2D eigenvalue weighted by molar-refractivity contribution is 0.270. The number of aromatic nitrogens is 4. The molecule has 2 aromatic heterocycles. The first kappa shape index (κ1) is 11.5. The Morgan fingerprint density at radius 3 is 3.06 bits per heavy atom. The fourth-order valence-electron chi connectivity index (χ4n) is 2.87. The minimum absolute atomic E-state index is 0.338. The summed E-state index contributed by atoms with van der Waals surface area (Å²) >= 11 is 0. The quantitative estimate of drug-likeness (QED) is 0.894. The van der Waals surface area contributed by atoms with Gasteiger partial charge in [-0.05, 0) is 25.4 Å². The molecule has 1 saturated heterocycles. The molecule has 1 aliphatic rings. The second kappa shape index (κ2) is 4.24.